The molecule has 1 unspecified atom stereocenters. The lowest BCUT2D eigenvalue weighted by atomic mass is 10.2. The van der Waals surface area contributed by atoms with Crippen molar-refractivity contribution in [3.8, 4) is 11.4 Å². The molecule has 6 nitrogen and oxygen atoms in total. The van der Waals surface area contributed by atoms with Gasteiger partial charge in [-0.3, -0.25) is 4.79 Å². The molecule has 142 valence electrons. The Labute approximate surface area is 160 Å². The number of nitrogens with one attached hydrogen (secondary N) is 1. The van der Waals surface area contributed by atoms with Crippen molar-refractivity contribution in [2.45, 2.75) is 32.7 Å². The predicted octanol–water partition coefficient (Wildman–Crippen LogP) is 2.83. The van der Waals surface area contributed by atoms with Gasteiger partial charge < -0.3 is 15.0 Å². The number of hydrogen-bond donors (Lipinski definition) is 1. The van der Waals surface area contributed by atoms with E-state index in [1.165, 1.54) is 0 Å². The van der Waals surface area contributed by atoms with Crippen LogP contribution in [0.3, 0.4) is 0 Å². The molecule has 1 aliphatic heterocycles. The topological polar surface area (TPSA) is 59.4 Å². The molecule has 1 aliphatic rings. The van der Waals surface area contributed by atoms with Gasteiger partial charge in [0.05, 0.1) is 7.11 Å². The summed E-state index contributed by atoms with van der Waals surface area (Å²) in [6.07, 6.45) is 3.76. The molecular formula is C19H27ClN4O2. The van der Waals surface area contributed by atoms with Gasteiger partial charge in [-0.15, -0.1) is 12.4 Å². The van der Waals surface area contributed by atoms with Gasteiger partial charge in [0.2, 0.25) is 0 Å². The van der Waals surface area contributed by atoms with Crippen LogP contribution in [0.2, 0.25) is 0 Å². The molecule has 0 spiro atoms. The lowest BCUT2D eigenvalue weighted by Gasteiger charge is -2.27. The fourth-order valence-corrected chi connectivity index (χ4v) is 3.29. The molecule has 3 rings (SSSR count). The number of amides is 1. The third-order valence-corrected chi connectivity index (χ3v) is 4.59. The minimum absolute atomic E-state index is 0. The van der Waals surface area contributed by atoms with Gasteiger partial charge in [-0.05, 0) is 50.1 Å². The number of carbonyl (C=O) groups excluding carboxylic acids is 1. The van der Waals surface area contributed by atoms with Crippen LogP contribution in [0.5, 0.6) is 5.75 Å². The van der Waals surface area contributed by atoms with E-state index in [4.69, 9.17) is 4.74 Å². The summed E-state index contributed by atoms with van der Waals surface area (Å²) in [5.41, 5.74) is 2.43. The second kappa shape index (κ2) is 9.05. The van der Waals surface area contributed by atoms with Crippen molar-refractivity contribution >= 4 is 18.3 Å². The number of aryl methyl sites for hydroxylation is 1. The monoisotopic (exact) mass is 378 g/mol. The van der Waals surface area contributed by atoms with Crippen LogP contribution < -0.4 is 10.1 Å². The van der Waals surface area contributed by atoms with Crippen LogP contribution in [0.25, 0.3) is 5.69 Å². The number of aromatic nitrogens is 2. The molecule has 2 aromatic rings. The summed E-state index contributed by atoms with van der Waals surface area (Å²) >= 11 is 0. The van der Waals surface area contributed by atoms with Gasteiger partial charge in [-0.1, -0.05) is 13.0 Å². The van der Waals surface area contributed by atoms with Crippen LogP contribution in [0.15, 0.2) is 30.5 Å². The summed E-state index contributed by atoms with van der Waals surface area (Å²) in [5.74, 6) is 0.735. The highest BCUT2D eigenvalue weighted by Gasteiger charge is 2.28. The molecule has 1 fully saturated rings. The van der Waals surface area contributed by atoms with E-state index in [-0.39, 0.29) is 24.4 Å². The summed E-state index contributed by atoms with van der Waals surface area (Å²) in [4.78, 5) is 14.9. The smallest absolute Gasteiger partial charge is 0.274 e. The number of nitrogens with zero attached hydrogens (tertiary/aromatic N) is 3. The fourth-order valence-electron chi connectivity index (χ4n) is 3.29. The highest BCUT2D eigenvalue weighted by atomic mass is 35.5. The first-order valence-corrected chi connectivity index (χ1v) is 8.86. The highest BCUT2D eigenvalue weighted by Crippen LogP contribution is 2.24. The summed E-state index contributed by atoms with van der Waals surface area (Å²) < 4.78 is 7.15. The second-order valence-electron chi connectivity index (χ2n) is 6.47. The molecule has 0 bridgehead atoms. The molecule has 0 radical (unpaired) electrons. The molecule has 0 saturated carbocycles. The Kier molecular flexibility index (Phi) is 7.06. The number of benzene rings is 1. The van der Waals surface area contributed by atoms with Gasteiger partial charge in [-0.2, -0.15) is 5.10 Å². The molecule has 1 aromatic heterocycles. The molecule has 1 N–H and O–H groups in total. The zero-order chi connectivity index (χ0) is 17.8. The Hall–Kier alpha value is -2.05. The van der Waals surface area contributed by atoms with E-state index in [1.807, 2.05) is 36.2 Å². The van der Waals surface area contributed by atoms with Gasteiger partial charge in [-0.25, -0.2) is 4.68 Å². The van der Waals surface area contributed by atoms with E-state index in [1.54, 1.807) is 17.9 Å². The summed E-state index contributed by atoms with van der Waals surface area (Å²) in [5, 5.41) is 7.86. The van der Waals surface area contributed by atoms with Gasteiger partial charge in [0, 0.05) is 25.3 Å². The van der Waals surface area contributed by atoms with E-state index >= 15 is 0 Å². The van der Waals surface area contributed by atoms with Crippen LogP contribution >= 0.6 is 12.4 Å². The second-order valence-corrected chi connectivity index (χ2v) is 6.47. The molecule has 26 heavy (non-hydrogen) atoms. The molecule has 1 atom stereocenters. The Morgan fingerprint density at radius 2 is 2.23 bits per heavy atom. The first-order chi connectivity index (χ1) is 12.1. The lowest BCUT2D eigenvalue weighted by molar-refractivity contribution is 0.0685. The predicted molar refractivity (Wildman–Crippen MR) is 105 cm³/mol. The first kappa shape index (κ1) is 20.3. The Morgan fingerprint density at radius 1 is 1.42 bits per heavy atom. The third-order valence-electron chi connectivity index (χ3n) is 4.59. The van der Waals surface area contributed by atoms with E-state index in [0.29, 0.717) is 5.69 Å². The van der Waals surface area contributed by atoms with E-state index in [0.717, 1.165) is 49.5 Å². The zero-order valence-corrected chi connectivity index (χ0v) is 16.4. The Bertz CT molecular complexity index is 741. The van der Waals surface area contributed by atoms with E-state index < -0.39 is 0 Å². The zero-order valence-electron chi connectivity index (χ0n) is 15.6. The van der Waals surface area contributed by atoms with Gasteiger partial charge >= 0.3 is 0 Å². The molecular weight excluding hydrogens is 352 g/mol. The van der Waals surface area contributed by atoms with Crippen molar-refractivity contribution in [3.05, 3.63) is 41.7 Å². The molecule has 1 saturated heterocycles. The molecule has 2 heterocycles. The third kappa shape index (κ3) is 4.19. The van der Waals surface area contributed by atoms with E-state index in [9.17, 15) is 4.79 Å². The number of hydrogen-bond acceptors (Lipinski definition) is 4. The fraction of sp³-hybridized carbons (Fsp3) is 0.474. The molecule has 1 aromatic carbocycles. The number of halogens is 1. The average Bonchev–Trinajstić information content (AvgIpc) is 3.30. The maximum Gasteiger partial charge on any atom is 0.274 e. The van der Waals surface area contributed by atoms with Crippen LogP contribution in [0.4, 0.5) is 0 Å². The normalized spacial score (nSPS) is 16.2. The van der Waals surface area contributed by atoms with Gasteiger partial charge in [0.15, 0.2) is 5.69 Å². The Morgan fingerprint density at radius 3 is 2.88 bits per heavy atom. The van der Waals surface area contributed by atoms with Crippen molar-refractivity contribution in [3.63, 3.8) is 0 Å². The minimum atomic E-state index is 0. The first-order valence-electron chi connectivity index (χ1n) is 8.86. The quantitative estimate of drug-likeness (QED) is 0.839. The minimum Gasteiger partial charge on any atom is -0.494 e. The summed E-state index contributed by atoms with van der Waals surface area (Å²) in [6, 6.07) is 7.96. The van der Waals surface area contributed by atoms with Gasteiger partial charge in [0.25, 0.3) is 5.91 Å². The van der Waals surface area contributed by atoms with Crippen LogP contribution in [-0.2, 0) is 0 Å². The number of rotatable bonds is 6. The van der Waals surface area contributed by atoms with Crippen molar-refractivity contribution in [2.75, 3.05) is 26.7 Å². The van der Waals surface area contributed by atoms with Crippen molar-refractivity contribution in [1.29, 1.82) is 0 Å². The van der Waals surface area contributed by atoms with Crippen LogP contribution in [0.1, 0.15) is 35.8 Å². The van der Waals surface area contributed by atoms with Crippen LogP contribution in [-0.4, -0.2) is 53.4 Å². The molecule has 7 heteroatoms. The maximum atomic E-state index is 13.0. The number of ether oxygens (including phenoxy) is 1. The SMILES string of the molecule is CCCN(C(=O)c1ccn(-c2cc(C)ccc2OC)n1)C1CCNC1.Cl. The van der Waals surface area contributed by atoms with Crippen molar-refractivity contribution in [1.82, 2.24) is 20.0 Å². The average molecular weight is 379 g/mol. The van der Waals surface area contributed by atoms with E-state index in [2.05, 4.69) is 17.3 Å². The van der Waals surface area contributed by atoms with Crippen molar-refractivity contribution in [2.24, 2.45) is 0 Å². The molecule has 0 aliphatic carbocycles. The molecule has 1 amide bonds. The number of carbonyl (C=O) groups is 1. The standard InChI is InChI=1S/C19H26N4O2.ClH/c1-4-10-22(15-7-9-20-13-15)19(24)16-8-11-23(21-16)17-12-14(2)5-6-18(17)25-3;/h5-6,8,11-12,15,20H,4,7,9-10,13H2,1-3H3;1H. The van der Waals surface area contributed by atoms with Crippen LogP contribution in [0, 0.1) is 6.92 Å². The largest absolute Gasteiger partial charge is 0.494 e. The van der Waals surface area contributed by atoms with Crippen molar-refractivity contribution < 1.29 is 9.53 Å². The summed E-state index contributed by atoms with van der Waals surface area (Å²) in [7, 11) is 1.64. The Balaban J connectivity index is 0.00000243. The van der Waals surface area contributed by atoms with Gasteiger partial charge in [0.1, 0.15) is 11.4 Å². The highest BCUT2D eigenvalue weighted by molar-refractivity contribution is 5.92. The number of methoxy groups -OCH3 is 1. The summed E-state index contributed by atoms with van der Waals surface area (Å²) in [6.45, 7) is 6.70. The lowest BCUT2D eigenvalue weighted by Crippen LogP contribution is -2.42. The maximum absolute atomic E-state index is 13.0.